The van der Waals surface area contributed by atoms with Gasteiger partial charge in [0.25, 0.3) is 5.91 Å². The summed E-state index contributed by atoms with van der Waals surface area (Å²) in [5.74, 6) is 0.386. The number of carbonyl (C=O) groups excluding carboxylic acids is 1. The van der Waals surface area contributed by atoms with Crippen LogP contribution in [0.5, 0.6) is 11.5 Å². The highest BCUT2D eigenvalue weighted by molar-refractivity contribution is 6.59. The van der Waals surface area contributed by atoms with Gasteiger partial charge in [0.15, 0.2) is 11.5 Å². The molecule has 304 valence electrons. The maximum Gasteiger partial charge on any atom is 0.261 e. The van der Waals surface area contributed by atoms with Gasteiger partial charge >= 0.3 is 0 Å². The molecule has 0 saturated carbocycles. The molecule has 60 heavy (non-hydrogen) atoms. The zero-order valence-corrected chi connectivity index (χ0v) is 35.4. The molecule has 2 aliphatic heterocycles. The van der Waals surface area contributed by atoms with E-state index in [9.17, 15) is 9.59 Å². The summed E-state index contributed by atoms with van der Waals surface area (Å²) < 4.78 is 48.0. The summed E-state index contributed by atoms with van der Waals surface area (Å²) in [6.45, 7) is 5.68. The Balaban J connectivity index is 1.19. The predicted octanol–water partition coefficient (Wildman–Crippen LogP) is -2.19. The zero-order valence-electron chi connectivity index (χ0n) is 35.4. The molecule has 2 saturated heterocycles. The molecule has 3 aromatic heterocycles. The lowest BCUT2D eigenvalue weighted by Crippen LogP contribution is -2.43. The van der Waals surface area contributed by atoms with E-state index < -0.39 is 22.5 Å². The Bertz CT molecular complexity index is 2460. The van der Waals surface area contributed by atoms with Gasteiger partial charge in [-0.3, -0.25) is 14.6 Å². The largest absolute Gasteiger partial charge is 0.511 e. The van der Waals surface area contributed by atoms with Crippen molar-refractivity contribution in [3.63, 3.8) is 0 Å². The molecule has 1 atom stereocenters. The number of rotatable bonds is 12. The van der Waals surface area contributed by atoms with E-state index >= 15 is 4.39 Å². The van der Waals surface area contributed by atoms with Crippen LogP contribution >= 0.6 is 0 Å². The number of nitrogen functional groups attached to an aromatic ring is 1. The Morgan fingerprint density at radius 1 is 0.933 bits per heavy atom. The molecule has 0 aliphatic carbocycles. The van der Waals surface area contributed by atoms with Crippen LogP contribution in [-0.4, -0.2) is 119 Å². The maximum absolute atomic E-state index is 16.2. The molecule has 2 aliphatic rings. The number of carbonyl (C=O) groups is 1. The number of nitrogens with zero attached hydrogens (tertiary/aromatic N) is 3. The van der Waals surface area contributed by atoms with Crippen LogP contribution in [0.25, 0.3) is 33.5 Å². The average Bonchev–Trinajstić information content (AvgIpc) is 3.22. The number of halogens is 1. The van der Waals surface area contributed by atoms with Crippen molar-refractivity contribution >= 4 is 80.9 Å². The van der Waals surface area contributed by atoms with E-state index in [1.807, 2.05) is 70.7 Å². The van der Waals surface area contributed by atoms with Crippen molar-refractivity contribution in [3.8, 4) is 45.0 Å². The zero-order chi connectivity index (χ0) is 42.7. The third-order valence-electron chi connectivity index (χ3n) is 11.0. The summed E-state index contributed by atoms with van der Waals surface area (Å²) in [4.78, 5) is 36.7. The fourth-order valence-corrected chi connectivity index (χ4v) is 7.71. The highest BCUT2D eigenvalue weighted by atomic mass is 19.1. The lowest BCUT2D eigenvalue weighted by atomic mass is 9.52. The van der Waals surface area contributed by atoms with Crippen LogP contribution in [0.4, 0.5) is 15.9 Å². The first-order chi connectivity index (χ1) is 28.7. The second kappa shape index (κ2) is 18.2. The molecule has 0 radical (unpaired) electrons. The van der Waals surface area contributed by atoms with Crippen molar-refractivity contribution in [3.05, 3.63) is 88.4 Å². The number of hydrogen-bond acceptors (Lipinski definition) is 10. The second-order valence-corrected chi connectivity index (χ2v) is 16.7. The van der Waals surface area contributed by atoms with E-state index in [2.05, 4.69) is 15.3 Å². The number of anilines is 2. The van der Waals surface area contributed by atoms with Crippen LogP contribution in [0.3, 0.4) is 0 Å². The topological polar surface area (TPSA) is 149 Å². The normalized spacial score (nSPS) is 16.0. The smallest absolute Gasteiger partial charge is 0.261 e. The predicted molar refractivity (Wildman–Crippen MR) is 249 cm³/mol. The summed E-state index contributed by atoms with van der Waals surface area (Å²) in [5, 5.41) is 2.21. The Morgan fingerprint density at radius 2 is 1.72 bits per heavy atom. The molecule has 5 aromatic rings. The van der Waals surface area contributed by atoms with Crippen LogP contribution in [0, 0.1) is 18.7 Å². The van der Waals surface area contributed by atoms with Gasteiger partial charge < -0.3 is 39.3 Å². The van der Waals surface area contributed by atoms with Gasteiger partial charge in [-0.15, -0.1) is 0 Å². The molecule has 0 bridgehead atoms. The monoisotopic (exact) mass is 807 g/mol. The van der Waals surface area contributed by atoms with Crippen LogP contribution in [0.1, 0.15) is 28.8 Å². The van der Waals surface area contributed by atoms with E-state index in [1.165, 1.54) is 6.07 Å². The van der Waals surface area contributed by atoms with Crippen LogP contribution in [-0.2, 0) is 20.8 Å². The number of aryl methyl sites for hydroxylation is 1. The molecule has 1 amide bonds. The van der Waals surface area contributed by atoms with E-state index in [1.54, 1.807) is 43.0 Å². The minimum absolute atomic E-state index is 0.0730. The van der Waals surface area contributed by atoms with Gasteiger partial charge in [-0.1, -0.05) is 11.5 Å². The molecular formula is C41H48B6FN5O7. The number of pyridine rings is 3. The van der Waals surface area contributed by atoms with Crippen LogP contribution in [0.15, 0.2) is 66.0 Å². The number of nitrogens with one attached hydrogen (secondary N) is 1. The number of amides is 1. The summed E-state index contributed by atoms with van der Waals surface area (Å²) in [6.07, 6.45) is 8.22. The second-order valence-electron chi connectivity index (χ2n) is 16.7. The van der Waals surface area contributed by atoms with Gasteiger partial charge in [-0.25, -0.2) is 9.37 Å². The minimum Gasteiger partial charge on any atom is -0.511 e. The van der Waals surface area contributed by atoms with Gasteiger partial charge in [-0.05, 0) is 83.6 Å². The molecule has 19 heteroatoms. The Hall–Kier alpha value is -5.24. The molecule has 0 spiro atoms. The molecule has 5 heterocycles. The third kappa shape index (κ3) is 9.69. The van der Waals surface area contributed by atoms with E-state index in [0.717, 1.165) is 40.4 Å². The quantitative estimate of drug-likeness (QED) is 0.133. The van der Waals surface area contributed by atoms with Crippen molar-refractivity contribution in [2.75, 3.05) is 50.7 Å². The minimum atomic E-state index is -0.661. The number of nitrogens with two attached hydrogens (primary N) is 1. The van der Waals surface area contributed by atoms with Crippen LogP contribution < -0.4 is 42.3 Å². The Kier molecular flexibility index (Phi) is 13.0. The van der Waals surface area contributed by atoms with Gasteiger partial charge in [0.2, 0.25) is 5.43 Å². The molecule has 12 nitrogen and oxygen atoms in total. The molecule has 7 rings (SSSR count). The first-order valence-corrected chi connectivity index (χ1v) is 20.4. The number of aromatic nitrogens is 3. The van der Waals surface area contributed by atoms with Crippen molar-refractivity contribution in [2.45, 2.75) is 37.7 Å². The summed E-state index contributed by atoms with van der Waals surface area (Å²) >= 11 is 0. The van der Waals surface area contributed by atoms with Crippen molar-refractivity contribution < 1.29 is 32.9 Å². The van der Waals surface area contributed by atoms with Crippen molar-refractivity contribution in [1.29, 1.82) is 0 Å². The lowest BCUT2D eigenvalue weighted by molar-refractivity contribution is -0.101. The summed E-state index contributed by atoms with van der Waals surface area (Å²) in [6, 6.07) is 9.80. The third-order valence-corrected chi connectivity index (χ3v) is 11.0. The fraction of sp³-hybridized carbons (Fsp3) is 0.317. The average molecular weight is 807 g/mol. The fourth-order valence-electron chi connectivity index (χ4n) is 7.71. The number of ether oxygens (including phenoxy) is 5. The number of benzene rings is 2. The highest BCUT2D eigenvalue weighted by Crippen LogP contribution is 2.34. The van der Waals surface area contributed by atoms with Gasteiger partial charge in [0.05, 0.1) is 31.1 Å². The standard InChI is InChI=1S/C41H48B6FN5O7/c1-21-2-5-31(50-14-21)28-17-53(16-22-6-8-56-9-7-22)18-29(36(28)54)40(55)52-24-3-4-26(30(48)13-24)27-12-23(15-51-39(27)49)32-33(42)35(44)37(38(34(32)43)60-41(45,46)47)59-20-25-19-57-10-11-58-25/h2-5,12-15,17-18,22,25H,6-11,16,19-20,42-47H2,1H3,(H2,49,51)(H,52,55)/t25-/m1/s1. The summed E-state index contributed by atoms with van der Waals surface area (Å²) in [7, 11) is 11.9. The highest BCUT2D eigenvalue weighted by Gasteiger charge is 2.27. The molecule has 0 unspecified atom stereocenters. The SMILES string of the molecule is Bc1c(B)c(-c2cnc(N)c(-c3ccc(NC(=O)c4cn(CC5CCOCC5)cc(-c5ccc(C)cn5)c4=O)cc3F)c2)c(B)c(OC(B)(B)B)c1OC[C@H]1COCCO1. The van der Waals surface area contributed by atoms with Crippen molar-refractivity contribution in [2.24, 2.45) is 5.92 Å². The summed E-state index contributed by atoms with van der Waals surface area (Å²) in [5.41, 5.74) is 12.6. The van der Waals surface area contributed by atoms with E-state index in [0.29, 0.717) is 86.0 Å². The maximum atomic E-state index is 16.2. The Labute approximate surface area is 354 Å². The first-order valence-electron chi connectivity index (χ1n) is 20.4. The van der Waals surface area contributed by atoms with E-state index in [4.69, 9.17) is 29.4 Å². The molecular weight excluding hydrogens is 758 g/mol. The van der Waals surface area contributed by atoms with Crippen molar-refractivity contribution in [1.82, 2.24) is 14.5 Å². The molecule has 2 aromatic carbocycles. The van der Waals surface area contributed by atoms with E-state index in [-0.39, 0.29) is 28.7 Å². The molecule has 2 fully saturated rings. The van der Waals surface area contributed by atoms with Crippen LogP contribution in [0.2, 0.25) is 0 Å². The Morgan fingerprint density at radius 3 is 2.40 bits per heavy atom. The van der Waals surface area contributed by atoms with Gasteiger partial charge in [0, 0.05) is 66.7 Å². The first kappa shape index (κ1) is 42.9. The van der Waals surface area contributed by atoms with Gasteiger partial charge in [0.1, 0.15) is 77.0 Å². The van der Waals surface area contributed by atoms with Gasteiger partial charge in [-0.2, -0.15) is 0 Å². The lowest BCUT2D eigenvalue weighted by Gasteiger charge is -2.30. The number of hydrogen-bond donors (Lipinski definition) is 2. The molecule has 3 N–H and O–H groups in total.